The fraction of sp³-hybridized carbons (Fsp3) is 0.167. The molecule has 0 bridgehead atoms. The van der Waals surface area contributed by atoms with Crippen LogP contribution in [-0.2, 0) is 10.0 Å². The summed E-state index contributed by atoms with van der Waals surface area (Å²) >= 11 is 1.04. The van der Waals surface area contributed by atoms with Gasteiger partial charge in [-0.15, -0.1) is 10.2 Å². The van der Waals surface area contributed by atoms with Crippen LogP contribution < -0.4 is 4.72 Å². The van der Waals surface area contributed by atoms with E-state index in [1.54, 1.807) is 6.92 Å². The van der Waals surface area contributed by atoms with E-state index in [1.807, 2.05) is 0 Å². The summed E-state index contributed by atoms with van der Waals surface area (Å²) in [7, 11) is -4.08. The minimum Gasteiger partial charge on any atom is -0.384 e. The standard InChI is InChI=1S/C12H10FN3O3S2/c1-8-14-15-12(20-8)16-21(18,19)11-5-4-9(3-2-6-17)7-10(11)13/h4-5,7,17H,6H2,1H3,(H,15,16). The number of hydrogen-bond donors (Lipinski definition) is 2. The van der Waals surface area contributed by atoms with Crippen molar-refractivity contribution in [3.05, 3.63) is 34.6 Å². The number of rotatable bonds is 3. The number of aromatic nitrogens is 2. The number of aliphatic hydroxyl groups is 1. The average Bonchev–Trinajstić information content (AvgIpc) is 2.80. The first-order chi connectivity index (χ1) is 9.92. The lowest BCUT2D eigenvalue weighted by molar-refractivity contribution is 0.350. The third kappa shape index (κ3) is 3.75. The number of aryl methyl sites for hydroxylation is 1. The molecule has 110 valence electrons. The molecule has 1 aromatic carbocycles. The van der Waals surface area contributed by atoms with Crippen LogP contribution in [0.25, 0.3) is 0 Å². The van der Waals surface area contributed by atoms with E-state index in [9.17, 15) is 12.8 Å². The minimum absolute atomic E-state index is 0.0658. The molecule has 0 saturated heterocycles. The summed E-state index contributed by atoms with van der Waals surface area (Å²) < 4.78 is 40.2. The molecule has 0 aliphatic heterocycles. The van der Waals surface area contributed by atoms with Crippen molar-refractivity contribution in [3.8, 4) is 11.8 Å². The highest BCUT2D eigenvalue weighted by molar-refractivity contribution is 7.93. The second kappa shape index (κ2) is 6.17. The maximum absolute atomic E-state index is 13.9. The molecule has 2 N–H and O–H groups in total. The van der Waals surface area contributed by atoms with Gasteiger partial charge in [-0.1, -0.05) is 23.2 Å². The predicted molar refractivity (Wildman–Crippen MR) is 75.8 cm³/mol. The van der Waals surface area contributed by atoms with Crippen LogP contribution >= 0.6 is 11.3 Å². The van der Waals surface area contributed by atoms with Crippen molar-refractivity contribution in [1.29, 1.82) is 0 Å². The summed E-state index contributed by atoms with van der Waals surface area (Å²) in [6, 6.07) is 3.45. The predicted octanol–water partition coefficient (Wildman–Crippen LogP) is 1.13. The van der Waals surface area contributed by atoms with Crippen molar-refractivity contribution in [1.82, 2.24) is 10.2 Å². The highest BCUT2D eigenvalue weighted by atomic mass is 32.2. The Morgan fingerprint density at radius 1 is 1.43 bits per heavy atom. The summed E-state index contributed by atoms with van der Waals surface area (Å²) in [6.45, 7) is 1.31. The quantitative estimate of drug-likeness (QED) is 0.825. The maximum atomic E-state index is 13.9. The molecule has 1 aromatic heterocycles. The summed E-state index contributed by atoms with van der Waals surface area (Å²) in [5, 5.41) is 16.5. The minimum atomic E-state index is -4.08. The number of nitrogens with zero attached hydrogens (tertiary/aromatic N) is 2. The van der Waals surface area contributed by atoms with E-state index < -0.39 is 20.7 Å². The molecule has 0 aliphatic carbocycles. The summed E-state index contributed by atoms with van der Waals surface area (Å²) in [6.07, 6.45) is 0. The van der Waals surface area contributed by atoms with E-state index in [-0.39, 0.29) is 17.3 Å². The Bertz CT molecular complexity index is 822. The van der Waals surface area contributed by atoms with Crippen LogP contribution in [0.1, 0.15) is 10.6 Å². The molecule has 0 atom stereocenters. The third-order valence-corrected chi connectivity index (χ3v) is 4.54. The molecule has 0 amide bonds. The monoisotopic (exact) mass is 327 g/mol. The van der Waals surface area contributed by atoms with Gasteiger partial charge in [-0.25, -0.2) is 12.8 Å². The number of nitrogens with one attached hydrogen (secondary N) is 1. The second-order valence-corrected chi connectivity index (χ2v) is 6.67. The van der Waals surface area contributed by atoms with Crippen LogP contribution in [0.4, 0.5) is 9.52 Å². The summed E-state index contributed by atoms with van der Waals surface area (Å²) in [5.74, 6) is 3.90. The van der Waals surface area contributed by atoms with E-state index in [1.165, 1.54) is 6.07 Å². The maximum Gasteiger partial charge on any atom is 0.266 e. The topological polar surface area (TPSA) is 92.2 Å². The summed E-state index contributed by atoms with van der Waals surface area (Å²) in [4.78, 5) is -0.509. The van der Waals surface area contributed by atoms with Crippen molar-refractivity contribution in [3.63, 3.8) is 0 Å². The lowest BCUT2D eigenvalue weighted by Gasteiger charge is -2.06. The Balaban J connectivity index is 2.32. The fourth-order valence-electron chi connectivity index (χ4n) is 1.45. The molecule has 9 heteroatoms. The van der Waals surface area contributed by atoms with Gasteiger partial charge in [-0.3, -0.25) is 4.72 Å². The molecule has 0 unspecified atom stereocenters. The number of sulfonamides is 1. The van der Waals surface area contributed by atoms with E-state index >= 15 is 0 Å². The SMILES string of the molecule is Cc1nnc(NS(=O)(=O)c2ccc(C#CCO)cc2F)s1. The smallest absolute Gasteiger partial charge is 0.266 e. The van der Waals surface area contributed by atoms with Crippen molar-refractivity contribution >= 4 is 26.5 Å². The molecule has 1 heterocycles. The largest absolute Gasteiger partial charge is 0.384 e. The zero-order valence-corrected chi connectivity index (χ0v) is 12.4. The normalized spacial score (nSPS) is 10.8. The van der Waals surface area contributed by atoms with Crippen molar-refractivity contribution < 1.29 is 17.9 Å². The molecule has 2 rings (SSSR count). The first-order valence-corrected chi connectivity index (χ1v) is 7.94. The molecule has 0 saturated carbocycles. The molecule has 0 aliphatic rings. The van der Waals surface area contributed by atoms with Gasteiger partial charge in [0.1, 0.15) is 22.3 Å². The molecule has 0 spiro atoms. The molecule has 6 nitrogen and oxygen atoms in total. The van der Waals surface area contributed by atoms with Gasteiger partial charge in [-0.05, 0) is 25.1 Å². The van der Waals surface area contributed by atoms with Crippen molar-refractivity contribution in [2.24, 2.45) is 0 Å². The Labute approximate surface area is 124 Å². The van der Waals surface area contributed by atoms with E-state index in [0.29, 0.717) is 5.01 Å². The van der Waals surface area contributed by atoms with Crippen LogP contribution in [0.3, 0.4) is 0 Å². The Hall–Kier alpha value is -2.02. The number of aliphatic hydroxyl groups excluding tert-OH is 1. The second-order valence-electron chi connectivity index (χ2n) is 3.84. The highest BCUT2D eigenvalue weighted by Crippen LogP contribution is 2.21. The van der Waals surface area contributed by atoms with E-state index in [0.717, 1.165) is 23.5 Å². The third-order valence-electron chi connectivity index (χ3n) is 2.28. The zero-order chi connectivity index (χ0) is 15.5. The van der Waals surface area contributed by atoms with Crippen LogP contribution in [0, 0.1) is 24.6 Å². The average molecular weight is 327 g/mol. The molecule has 0 radical (unpaired) electrons. The molecular weight excluding hydrogens is 317 g/mol. The van der Waals surface area contributed by atoms with Gasteiger partial charge in [0.05, 0.1) is 0 Å². The van der Waals surface area contributed by atoms with Gasteiger partial charge in [0, 0.05) is 5.56 Å². The Kier molecular flexibility index (Phi) is 4.52. The Morgan fingerprint density at radius 2 is 2.19 bits per heavy atom. The Morgan fingerprint density at radius 3 is 2.76 bits per heavy atom. The van der Waals surface area contributed by atoms with Gasteiger partial charge >= 0.3 is 0 Å². The number of halogens is 1. The zero-order valence-electron chi connectivity index (χ0n) is 10.8. The number of anilines is 1. The fourth-order valence-corrected chi connectivity index (χ4v) is 3.33. The van der Waals surface area contributed by atoms with E-state index in [4.69, 9.17) is 5.11 Å². The van der Waals surface area contributed by atoms with Crippen LogP contribution in [-0.4, -0.2) is 30.3 Å². The highest BCUT2D eigenvalue weighted by Gasteiger charge is 2.20. The van der Waals surface area contributed by atoms with Gasteiger partial charge in [-0.2, -0.15) is 0 Å². The lowest BCUT2D eigenvalue weighted by Crippen LogP contribution is -2.14. The molecule has 0 fully saturated rings. The van der Waals surface area contributed by atoms with Crippen molar-refractivity contribution in [2.45, 2.75) is 11.8 Å². The van der Waals surface area contributed by atoms with Crippen LogP contribution in [0.2, 0.25) is 0 Å². The number of hydrogen-bond acceptors (Lipinski definition) is 6. The summed E-state index contributed by atoms with van der Waals surface area (Å²) in [5.41, 5.74) is 0.271. The molecule has 21 heavy (non-hydrogen) atoms. The first kappa shape index (κ1) is 15.4. The lowest BCUT2D eigenvalue weighted by atomic mass is 10.2. The van der Waals surface area contributed by atoms with Gasteiger partial charge in [0.25, 0.3) is 10.0 Å². The molecular formula is C12H10FN3O3S2. The van der Waals surface area contributed by atoms with Gasteiger partial charge in [0.2, 0.25) is 5.13 Å². The van der Waals surface area contributed by atoms with Crippen molar-refractivity contribution in [2.75, 3.05) is 11.3 Å². The van der Waals surface area contributed by atoms with Gasteiger partial charge in [0.15, 0.2) is 0 Å². The number of benzene rings is 1. The molecule has 2 aromatic rings. The first-order valence-electron chi connectivity index (χ1n) is 5.64. The van der Waals surface area contributed by atoms with Crippen LogP contribution in [0.15, 0.2) is 23.1 Å². The van der Waals surface area contributed by atoms with Crippen LogP contribution in [0.5, 0.6) is 0 Å². The van der Waals surface area contributed by atoms with Gasteiger partial charge < -0.3 is 5.11 Å². The van der Waals surface area contributed by atoms with E-state index in [2.05, 4.69) is 26.8 Å².